The van der Waals surface area contributed by atoms with Crippen molar-refractivity contribution in [2.75, 3.05) is 0 Å². The Morgan fingerprint density at radius 1 is 0.328 bits per heavy atom. The SMILES string of the molecule is c1ccc(-c2cccc(-c3nc(-c4ccc5ccccc5c4)nc(-c4ccc5c(c4)sc4cccc(-n6c7ccccc7c7c8ccccc8ccc76)c45)n3)c2)cc1. The van der Waals surface area contributed by atoms with Crippen molar-refractivity contribution in [3.05, 3.63) is 194 Å². The molecule has 0 unspecified atom stereocenters. The fourth-order valence-electron chi connectivity index (χ4n) is 8.69. The van der Waals surface area contributed by atoms with Gasteiger partial charge in [-0.2, -0.15) is 0 Å². The summed E-state index contributed by atoms with van der Waals surface area (Å²) in [6.45, 7) is 0. The van der Waals surface area contributed by atoms with Crippen LogP contribution in [0.1, 0.15) is 0 Å². The van der Waals surface area contributed by atoms with E-state index in [2.05, 4.69) is 193 Å². The molecule has 4 nitrogen and oxygen atoms in total. The van der Waals surface area contributed by atoms with Gasteiger partial charge in [0.2, 0.25) is 0 Å². The Bertz CT molecular complexity index is 3580. The molecule has 12 aromatic rings. The standard InChI is InChI=1S/C53H32N4S/c1-2-12-33(13-3-1)37-17-10-18-38(30-37)51-54-52(39-25-24-34-14-4-5-16-36(34)31-39)56-53(55-51)40-26-28-43-48(32-40)58-47-23-11-22-45(50(43)47)57-44-21-9-8-20-42(44)49-41-19-7-6-15-35(41)27-29-46(49)57/h1-32H. The van der Waals surface area contributed by atoms with E-state index in [1.165, 1.54) is 63.8 Å². The maximum atomic E-state index is 5.19. The molecule has 3 aromatic heterocycles. The molecule has 5 heteroatoms. The second kappa shape index (κ2) is 13.1. The van der Waals surface area contributed by atoms with Crippen LogP contribution in [0.25, 0.3) is 115 Å². The van der Waals surface area contributed by atoms with E-state index in [9.17, 15) is 0 Å². The predicted molar refractivity (Wildman–Crippen MR) is 244 cm³/mol. The summed E-state index contributed by atoms with van der Waals surface area (Å²) in [6.07, 6.45) is 0. The van der Waals surface area contributed by atoms with Crippen LogP contribution >= 0.6 is 11.3 Å². The number of hydrogen-bond donors (Lipinski definition) is 0. The van der Waals surface area contributed by atoms with Crippen LogP contribution in [-0.2, 0) is 0 Å². The van der Waals surface area contributed by atoms with Crippen molar-refractivity contribution in [1.29, 1.82) is 0 Å². The van der Waals surface area contributed by atoms with Crippen LogP contribution in [0, 0.1) is 0 Å². The summed E-state index contributed by atoms with van der Waals surface area (Å²) < 4.78 is 4.88. The maximum Gasteiger partial charge on any atom is 0.164 e. The minimum atomic E-state index is 0.642. The summed E-state index contributed by atoms with van der Waals surface area (Å²) in [6, 6.07) is 69.2. The first-order chi connectivity index (χ1) is 28.7. The van der Waals surface area contributed by atoms with Crippen LogP contribution in [-0.4, -0.2) is 19.5 Å². The lowest BCUT2D eigenvalue weighted by Crippen LogP contribution is -2.00. The molecule has 0 atom stereocenters. The first-order valence-corrected chi connectivity index (χ1v) is 20.3. The highest BCUT2D eigenvalue weighted by atomic mass is 32.1. The average Bonchev–Trinajstić information content (AvgIpc) is 3.85. The number of nitrogens with zero attached hydrogens (tertiary/aromatic N) is 4. The van der Waals surface area contributed by atoms with Gasteiger partial charge in [-0.3, -0.25) is 0 Å². The highest BCUT2D eigenvalue weighted by Gasteiger charge is 2.20. The van der Waals surface area contributed by atoms with E-state index in [1.807, 2.05) is 17.4 Å². The van der Waals surface area contributed by atoms with Gasteiger partial charge >= 0.3 is 0 Å². The van der Waals surface area contributed by atoms with Crippen LogP contribution in [0.4, 0.5) is 0 Å². The molecule has 0 saturated heterocycles. The summed E-state index contributed by atoms with van der Waals surface area (Å²) in [7, 11) is 0. The number of rotatable bonds is 5. The second-order valence-electron chi connectivity index (χ2n) is 14.8. The van der Waals surface area contributed by atoms with Gasteiger partial charge in [-0.25, -0.2) is 15.0 Å². The van der Waals surface area contributed by atoms with E-state index in [1.54, 1.807) is 0 Å². The van der Waals surface area contributed by atoms with Crippen molar-refractivity contribution in [2.45, 2.75) is 0 Å². The number of aromatic nitrogens is 4. The quantitative estimate of drug-likeness (QED) is 0.176. The first kappa shape index (κ1) is 32.7. The number of para-hydroxylation sites is 1. The third-order valence-electron chi connectivity index (χ3n) is 11.4. The number of benzene rings is 9. The fourth-order valence-corrected chi connectivity index (χ4v) is 9.86. The van der Waals surface area contributed by atoms with Crippen molar-refractivity contribution in [3.63, 3.8) is 0 Å². The summed E-state index contributed by atoms with van der Waals surface area (Å²) in [5.74, 6) is 1.93. The number of hydrogen-bond acceptors (Lipinski definition) is 4. The summed E-state index contributed by atoms with van der Waals surface area (Å²) >= 11 is 1.81. The largest absolute Gasteiger partial charge is 0.309 e. The van der Waals surface area contributed by atoms with E-state index in [4.69, 9.17) is 15.0 Å². The molecule has 0 radical (unpaired) electrons. The Kier molecular flexibility index (Phi) is 7.37. The Balaban J connectivity index is 1.04. The summed E-state index contributed by atoms with van der Waals surface area (Å²) in [5, 5.41) is 9.85. The van der Waals surface area contributed by atoms with Crippen molar-refractivity contribution in [3.8, 4) is 51.0 Å². The molecule has 0 amide bonds. The van der Waals surface area contributed by atoms with Gasteiger partial charge < -0.3 is 4.57 Å². The van der Waals surface area contributed by atoms with Crippen molar-refractivity contribution in [2.24, 2.45) is 0 Å². The lowest BCUT2D eigenvalue weighted by molar-refractivity contribution is 1.08. The molecular weight excluding hydrogens is 725 g/mol. The molecule has 58 heavy (non-hydrogen) atoms. The highest BCUT2D eigenvalue weighted by Crippen LogP contribution is 2.43. The van der Waals surface area contributed by atoms with Crippen LogP contribution in [0.5, 0.6) is 0 Å². The van der Waals surface area contributed by atoms with Gasteiger partial charge in [0, 0.05) is 47.6 Å². The number of fused-ring (bicyclic) bond motifs is 9. The minimum absolute atomic E-state index is 0.642. The Morgan fingerprint density at radius 3 is 1.79 bits per heavy atom. The first-order valence-electron chi connectivity index (χ1n) is 19.5. The summed E-state index contributed by atoms with van der Waals surface area (Å²) in [4.78, 5) is 15.5. The molecule has 0 aliphatic carbocycles. The molecule has 0 saturated carbocycles. The van der Waals surface area contributed by atoms with E-state index < -0.39 is 0 Å². The van der Waals surface area contributed by atoms with Crippen LogP contribution in [0.3, 0.4) is 0 Å². The molecule has 0 fully saturated rings. The second-order valence-corrected chi connectivity index (χ2v) is 15.9. The summed E-state index contributed by atoms with van der Waals surface area (Å²) in [5.41, 5.74) is 8.70. The van der Waals surface area contributed by atoms with E-state index in [0.29, 0.717) is 17.5 Å². The minimum Gasteiger partial charge on any atom is -0.309 e. The Labute approximate surface area is 338 Å². The lowest BCUT2D eigenvalue weighted by atomic mass is 10.0. The van der Waals surface area contributed by atoms with E-state index in [-0.39, 0.29) is 0 Å². The number of thiophene rings is 1. The molecular formula is C53H32N4S. The molecule has 3 heterocycles. The molecule has 0 aliphatic rings. The van der Waals surface area contributed by atoms with Gasteiger partial charge in [0.05, 0.1) is 16.7 Å². The highest BCUT2D eigenvalue weighted by molar-refractivity contribution is 7.26. The Hall–Kier alpha value is -7.47. The third kappa shape index (κ3) is 5.25. The van der Waals surface area contributed by atoms with Gasteiger partial charge in [0.1, 0.15) is 0 Å². The Morgan fingerprint density at radius 2 is 0.948 bits per heavy atom. The van der Waals surface area contributed by atoms with Crippen LogP contribution in [0.2, 0.25) is 0 Å². The van der Waals surface area contributed by atoms with Gasteiger partial charge in [-0.15, -0.1) is 11.3 Å². The van der Waals surface area contributed by atoms with Crippen molar-refractivity contribution >= 4 is 74.9 Å². The van der Waals surface area contributed by atoms with E-state index in [0.717, 1.165) is 33.2 Å². The molecule has 12 rings (SSSR count). The monoisotopic (exact) mass is 756 g/mol. The topological polar surface area (TPSA) is 43.6 Å². The molecule has 9 aromatic carbocycles. The molecule has 270 valence electrons. The van der Waals surface area contributed by atoms with E-state index >= 15 is 0 Å². The third-order valence-corrected chi connectivity index (χ3v) is 12.5. The van der Waals surface area contributed by atoms with Gasteiger partial charge in [-0.05, 0) is 75.1 Å². The lowest BCUT2D eigenvalue weighted by Gasteiger charge is -2.11. The molecule has 0 aliphatic heterocycles. The smallest absolute Gasteiger partial charge is 0.164 e. The maximum absolute atomic E-state index is 5.19. The van der Waals surface area contributed by atoms with Crippen molar-refractivity contribution in [1.82, 2.24) is 19.5 Å². The normalized spacial score (nSPS) is 11.8. The van der Waals surface area contributed by atoms with Crippen LogP contribution < -0.4 is 0 Å². The van der Waals surface area contributed by atoms with Gasteiger partial charge in [0.15, 0.2) is 17.5 Å². The zero-order valence-electron chi connectivity index (χ0n) is 31.2. The van der Waals surface area contributed by atoms with Gasteiger partial charge in [-0.1, -0.05) is 152 Å². The molecule has 0 bridgehead atoms. The van der Waals surface area contributed by atoms with Gasteiger partial charge in [0.25, 0.3) is 0 Å². The zero-order valence-corrected chi connectivity index (χ0v) is 32.0. The fraction of sp³-hybridized carbons (Fsp3) is 0. The molecule has 0 N–H and O–H groups in total. The van der Waals surface area contributed by atoms with Crippen molar-refractivity contribution < 1.29 is 0 Å². The van der Waals surface area contributed by atoms with Crippen LogP contribution in [0.15, 0.2) is 194 Å². The zero-order chi connectivity index (χ0) is 38.2. The molecule has 0 spiro atoms. The average molecular weight is 757 g/mol. The predicted octanol–water partition coefficient (Wildman–Crippen LogP) is 14.3.